The van der Waals surface area contributed by atoms with E-state index in [4.69, 9.17) is 4.74 Å². The molecule has 0 radical (unpaired) electrons. The zero-order valence-corrected chi connectivity index (χ0v) is 14.3. The van der Waals surface area contributed by atoms with E-state index in [9.17, 15) is 4.79 Å². The first kappa shape index (κ1) is 13.1. The van der Waals surface area contributed by atoms with Crippen molar-refractivity contribution < 1.29 is 9.53 Å². The first-order chi connectivity index (χ1) is 10.9. The van der Waals surface area contributed by atoms with Crippen molar-refractivity contribution in [2.24, 2.45) is 35.5 Å². The van der Waals surface area contributed by atoms with Gasteiger partial charge >= 0.3 is 6.09 Å². The van der Waals surface area contributed by atoms with Crippen LogP contribution in [0.25, 0.3) is 0 Å². The minimum Gasteiger partial charge on any atom is -0.444 e. The van der Waals surface area contributed by atoms with Gasteiger partial charge in [-0.25, -0.2) is 9.78 Å². The quantitative estimate of drug-likeness (QED) is 0.927. The van der Waals surface area contributed by atoms with Crippen LogP contribution in [-0.2, 0) is 4.74 Å². The van der Waals surface area contributed by atoms with E-state index in [1.807, 2.05) is 44.8 Å². The second-order valence-electron chi connectivity index (χ2n) is 8.84. The second-order valence-corrected chi connectivity index (χ2v) is 10.2. The molecule has 120 valence electrons. The average molecular weight is 328 g/mol. The highest BCUT2D eigenvalue weighted by Gasteiger charge is 3.10. The molecule has 1 aromatic heterocycles. The highest BCUT2D eigenvalue weighted by molar-refractivity contribution is 8.00. The van der Waals surface area contributed by atoms with E-state index in [0.717, 1.165) is 22.8 Å². The number of thioether (sulfide) groups is 1. The number of hydrogen-bond donors (Lipinski definition) is 1. The minimum atomic E-state index is -0.418. The Morgan fingerprint density at radius 1 is 1.17 bits per heavy atom. The highest BCUT2D eigenvalue weighted by atomic mass is 32.2. The molecular weight excluding hydrogens is 308 g/mol. The first-order valence-electron chi connectivity index (χ1n) is 8.52. The van der Waals surface area contributed by atoms with Crippen molar-refractivity contribution in [2.45, 2.75) is 41.7 Å². The summed E-state index contributed by atoms with van der Waals surface area (Å²) in [6, 6.07) is 6.17. The van der Waals surface area contributed by atoms with E-state index in [1.54, 1.807) is 0 Å². The summed E-state index contributed by atoms with van der Waals surface area (Å²) in [5.74, 6) is 4.57. The Morgan fingerprint density at radius 3 is 2.35 bits per heavy atom. The monoisotopic (exact) mass is 328 g/mol. The lowest BCUT2D eigenvalue weighted by Crippen LogP contribution is -3.17. The third kappa shape index (κ3) is 1.09. The van der Waals surface area contributed by atoms with Crippen molar-refractivity contribution in [3.05, 3.63) is 24.4 Å². The van der Waals surface area contributed by atoms with E-state index in [2.05, 4.69) is 22.4 Å². The van der Waals surface area contributed by atoms with Crippen LogP contribution in [0, 0.1) is 35.5 Å². The van der Waals surface area contributed by atoms with Crippen LogP contribution < -0.4 is 5.32 Å². The van der Waals surface area contributed by atoms with Gasteiger partial charge in [0.15, 0.2) is 0 Å². The highest BCUT2D eigenvalue weighted by Crippen LogP contribution is 3.06. The number of aromatic nitrogens is 1. The molecule has 0 unspecified atom stereocenters. The molecule has 1 N–H and O–H groups in total. The van der Waals surface area contributed by atoms with E-state index in [1.165, 1.54) is 0 Å². The van der Waals surface area contributed by atoms with Gasteiger partial charge in [0.1, 0.15) is 5.60 Å². The summed E-state index contributed by atoms with van der Waals surface area (Å²) in [5, 5.41) is 4.42. The molecule has 6 fully saturated rings. The average Bonchev–Trinajstić information content (AvgIpc) is 2.49. The summed E-state index contributed by atoms with van der Waals surface area (Å²) in [7, 11) is 0. The summed E-state index contributed by atoms with van der Waals surface area (Å²) < 4.78 is 5.95. The zero-order chi connectivity index (χ0) is 15.8. The molecule has 6 saturated carbocycles. The maximum absolute atomic E-state index is 12.2. The van der Waals surface area contributed by atoms with Crippen molar-refractivity contribution in [1.29, 1.82) is 0 Å². The van der Waals surface area contributed by atoms with Gasteiger partial charge in [-0.05, 0) is 68.4 Å². The third-order valence-electron chi connectivity index (χ3n) is 7.18. The van der Waals surface area contributed by atoms with Crippen LogP contribution in [0.4, 0.5) is 4.79 Å². The molecule has 0 atom stereocenters. The van der Waals surface area contributed by atoms with E-state index >= 15 is 0 Å². The van der Waals surface area contributed by atoms with Gasteiger partial charge in [0.2, 0.25) is 0 Å². The van der Waals surface area contributed by atoms with Gasteiger partial charge in [-0.1, -0.05) is 17.8 Å². The molecule has 1 aromatic rings. The minimum absolute atomic E-state index is 0.120. The van der Waals surface area contributed by atoms with Gasteiger partial charge < -0.3 is 10.1 Å². The number of rotatable bonds is 3. The van der Waals surface area contributed by atoms with Gasteiger partial charge in [-0.2, -0.15) is 0 Å². The first-order valence-corrected chi connectivity index (χ1v) is 9.34. The van der Waals surface area contributed by atoms with Crippen LogP contribution in [-0.4, -0.2) is 27.0 Å². The third-order valence-corrected chi connectivity index (χ3v) is 8.80. The van der Waals surface area contributed by atoms with E-state index < -0.39 is 5.60 Å². The Morgan fingerprint density at radius 2 is 1.83 bits per heavy atom. The Bertz CT molecular complexity index is 688. The predicted octanol–water partition coefficient (Wildman–Crippen LogP) is 2.94. The molecule has 0 spiro atoms. The molecule has 4 nitrogen and oxygen atoms in total. The Hall–Kier alpha value is -1.23. The molecule has 1 amide bonds. The van der Waals surface area contributed by atoms with Crippen LogP contribution in [0.5, 0.6) is 0 Å². The largest absolute Gasteiger partial charge is 0.444 e. The molecule has 6 aliphatic carbocycles. The number of pyridine rings is 1. The number of carbonyl (C=O) groups excluding carboxylic acids is 1. The smallest absolute Gasteiger partial charge is 0.408 e. The molecule has 0 bridgehead atoms. The molecule has 0 aliphatic heterocycles. The summed E-state index contributed by atoms with van der Waals surface area (Å²) in [6.45, 7) is 5.76. The molecule has 7 rings (SSSR count). The fraction of sp³-hybridized carbons (Fsp3) is 0.667. The molecular formula is C18H20N2O2S. The van der Waals surface area contributed by atoms with Crippen LogP contribution in [0.2, 0.25) is 0 Å². The number of alkyl carbamates (subject to hydrolysis) is 1. The van der Waals surface area contributed by atoms with Crippen molar-refractivity contribution in [3.8, 4) is 0 Å². The van der Waals surface area contributed by atoms with Crippen molar-refractivity contribution in [1.82, 2.24) is 10.3 Å². The zero-order valence-electron chi connectivity index (χ0n) is 13.4. The standard InChI is InChI=1S/C18H20N2O2S/c1-16(2,3)22-15(21)20-17-9-12-10(17)14-11(17)13(9)18(12,14)23-8-6-4-5-7-19-8/h4-7,9-14H,1-3H3,(H,20,21). The second kappa shape index (κ2) is 3.41. The number of nitrogens with zero attached hydrogens (tertiary/aromatic N) is 1. The number of ether oxygens (including phenoxy) is 1. The summed E-state index contributed by atoms with van der Waals surface area (Å²) in [4.78, 5) is 16.7. The van der Waals surface area contributed by atoms with Gasteiger partial charge in [0.05, 0.1) is 10.6 Å². The number of hydrogen-bond acceptors (Lipinski definition) is 4. The van der Waals surface area contributed by atoms with Crippen molar-refractivity contribution in [2.75, 3.05) is 0 Å². The van der Waals surface area contributed by atoms with Gasteiger partial charge in [-0.15, -0.1) is 0 Å². The number of amides is 1. The van der Waals surface area contributed by atoms with Gasteiger partial charge in [0.25, 0.3) is 0 Å². The normalized spacial score (nSPS) is 52.0. The van der Waals surface area contributed by atoms with Crippen LogP contribution in [0.3, 0.4) is 0 Å². The maximum Gasteiger partial charge on any atom is 0.408 e. The SMILES string of the molecule is CC(C)(C)OC(=O)NC12C3C4C1C1C2C3C41Sc1ccccn1. The molecule has 0 saturated heterocycles. The molecule has 5 heteroatoms. The topological polar surface area (TPSA) is 51.2 Å². The van der Waals surface area contributed by atoms with Crippen molar-refractivity contribution >= 4 is 17.9 Å². The fourth-order valence-corrected chi connectivity index (χ4v) is 8.86. The van der Waals surface area contributed by atoms with Crippen LogP contribution in [0.1, 0.15) is 20.8 Å². The molecule has 6 aliphatic rings. The fourth-order valence-electron chi connectivity index (χ4n) is 6.95. The summed E-state index contributed by atoms with van der Waals surface area (Å²) in [6.07, 6.45) is 1.66. The molecule has 0 aromatic carbocycles. The van der Waals surface area contributed by atoms with E-state index in [-0.39, 0.29) is 11.6 Å². The molecule has 1 heterocycles. The van der Waals surface area contributed by atoms with Crippen LogP contribution >= 0.6 is 11.8 Å². The van der Waals surface area contributed by atoms with E-state index in [0.29, 0.717) is 22.5 Å². The Labute approximate surface area is 139 Å². The summed E-state index contributed by atoms with van der Waals surface area (Å²) in [5.41, 5.74) is -0.298. The number of nitrogens with one attached hydrogen (secondary N) is 1. The lowest BCUT2D eigenvalue weighted by molar-refractivity contribution is -0.558. The lowest BCUT2D eigenvalue weighted by atomic mass is 8.98. The maximum atomic E-state index is 12.2. The van der Waals surface area contributed by atoms with Crippen LogP contribution in [0.15, 0.2) is 29.4 Å². The summed E-state index contributed by atoms with van der Waals surface area (Å²) >= 11 is 2.01. The van der Waals surface area contributed by atoms with Gasteiger partial charge in [0, 0.05) is 10.9 Å². The predicted molar refractivity (Wildman–Crippen MR) is 85.9 cm³/mol. The van der Waals surface area contributed by atoms with Gasteiger partial charge in [-0.3, -0.25) is 0 Å². The Balaban J connectivity index is 1.18. The Kier molecular flexibility index (Phi) is 1.94. The van der Waals surface area contributed by atoms with Crippen molar-refractivity contribution in [3.63, 3.8) is 0 Å². The number of carbonyl (C=O) groups is 1. The molecule has 23 heavy (non-hydrogen) atoms. The lowest BCUT2D eigenvalue weighted by Gasteiger charge is -3.10.